The highest BCUT2D eigenvalue weighted by Gasteiger charge is 2.14. The van der Waals surface area contributed by atoms with E-state index in [0.717, 1.165) is 28.7 Å². The summed E-state index contributed by atoms with van der Waals surface area (Å²) in [4.78, 5) is 0. The van der Waals surface area contributed by atoms with Crippen LogP contribution in [0.25, 0.3) is 0 Å². The Morgan fingerprint density at radius 3 is 2.83 bits per heavy atom. The Hall–Kier alpha value is -1.13. The Morgan fingerprint density at radius 1 is 1.33 bits per heavy atom. The number of hydrogen-bond donors (Lipinski definition) is 1. The van der Waals surface area contributed by atoms with Gasteiger partial charge in [-0.1, -0.05) is 41.1 Å². The van der Waals surface area contributed by atoms with Crippen LogP contribution in [0.15, 0.2) is 41.0 Å². The molecule has 4 heteroatoms. The second kappa shape index (κ2) is 6.16. The van der Waals surface area contributed by atoms with Crippen molar-refractivity contribution in [3.63, 3.8) is 0 Å². The van der Waals surface area contributed by atoms with E-state index in [1.54, 1.807) is 6.20 Å². The number of rotatable bonds is 5. The molecule has 1 aromatic heterocycles. The van der Waals surface area contributed by atoms with Gasteiger partial charge in [0.25, 0.3) is 0 Å². The van der Waals surface area contributed by atoms with Crippen LogP contribution in [0.1, 0.15) is 30.7 Å². The third kappa shape index (κ3) is 3.00. The van der Waals surface area contributed by atoms with Gasteiger partial charge in [0.15, 0.2) is 0 Å². The first-order valence-electron chi connectivity index (χ1n) is 6.15. The summed E-state index contributed by atoms with van der Waals surface area (Å²) in [6.45, 7) is 2.95. The van der Waals surface area contributed by atoms with Gasteiger partial charge in [0.2, 0.25) is 0 Å². The highest BCUT2D eigenvalue weighted by molar-refractivity contribution is 9.10. The minimum absolute atomic E-state index is 0.516. The van der Waals surface area contributed by atoms with Gasteiger partial charge in [-0.25, -0.2) is 0 Å². The third-order valence-corrected chi connectivity index (χ3v) is 3.67. The quantitative estimate of drug-likeness (QED) is 0.920. The first kappa shape index (κ1) is 13.3. The average molecular weight is 309 g/mol. The first-order chi connectivity index (χ1) is 8.72. The van der Waals surface area contributed by atoms with Gasteiger partial charge in [0.05, 0.1) is 11.8 Å². The van der Waals surface area contributed by atoms with Crippen molar-refractivity contribution in [2.75, 3.05) is 0 Å². The fourth-order valence-electron chi connectivity index (χ4n) is 2.00. The van der Waals surface area contributed by atoms with Crippen molar-refractivity contribution in [1.82, 2.24) is 9.78 Å². The molecule has 1 aromatic carbocycles. The predicted octanol–water partition coefficient (Wildman–Crippen LogP) is 3.33. The predicted molar refractivity (Wildman–Crippen MR) is 75.3 cm³/mol. The van der Waals surface area contributed by atoms with Crippen LogP contribution in [-0.4, -0.2) is 14.9 Å². The van der Waals surface area contributed by atoms with Gasteiger partial charge < -0.3 is 5.11 Å². The molecule has 0 bridgehead atoms. The van der Waals surface area contributed by atoms with Crippen LogP contribution in [0, 0.1) is 0 Å². The number of aliphatic hydroxyl groups is 1. The second-order valence-corrected chi connectivity index (χ2v) is 5.14. The average Bonchev–Trinajstić information content (AvgIpc) is 2.81. The molecule has 0 saturated carbocycles. The van der Waals surface area contributed by atoms with E-state index in [1.165, 1.54) is 0 Å². The molecule has 18 heavy (non-hydrogen) atoms. The molecule has 1 N–H and O–H groups in total. The standard InChI is InChI=1S/C14H17BrN2O/c1-2-9-17-13(7-8-16-17)14(18)10-11-5-3-4-6-12(11)15/h3-8,14,18H,2,9-10H2,1H3. The molecule has 0 aliphatic heterocycles. The summed E-state index contributed by atoms with van der Waals surface area (Å²) in [5, 5.41) is 14.5. The number of aliphatic hydroxyl groups excluding tert-OH is 1. The van der Waals surface area contributed by atoms with Gasteiger partial charge in [-0.3, -0.25) is 4.68 Å². The lowest BCUT2D eigenvalue weighted by Crippen LogP contribution is -2.11. The molecule has 3 nitrogen and oxygen atoms in total. The van der Waals surface area contributed by atoms with Gasteiger partial charge in [-0.15, -0.1) is 0 Å². The molecular formula is C14H17BrN2O. The van der Waals surface area contributed by atoms with Crippen LogP contribution < -0.4 is 0 Å². The maximum absolute atomic E-state index is 10.3. The molecule has 1 heterocycles. The number of nitrogens with zero attached hydrogens (tertiary/aromatic N) is 2. The van der Waals surface area contributed by atoms with Crippen molar-refractivity contribution in [3.05, 3.63) is 52.3 Å². The topological polar surface area (TPSA) is 38.0 Å². The summed E-state index contributed by atoms with van der Waals surface area (Å²) in [5.41, 5.74) is 1.99. The monoisotopic (exact) mass is 308 g/mol. The number of aromatic nitrogens is 2. The van der Waals surface area contributed by atoms with Crippen molar-refractivity contribution in [2.45, 2.75) is 32.4 Å². The lowest BCUT2D eigenvalue weighted by atomic mass is 10.1. The SMILES string of the molecule is CCCn1nccc1C(O)Cc1ccccc1Br. The molecule has 0 aliphatic carbocycles. The maximum atomic E-state index is 10.3. The molecule has 96 valence electrons. The zero-order valence-electron chi connectivity index (χ0n) is 10.4. The first-order valence-corrected chi connectivity index (χ1v) is 6.95. The van der Waals surface area contributed by atoms with Crippen molar-refractivity contribution < 1.29 is 5.11 Å². The zero-order chi connectivity index (χ0) is 13.0. The Balaban J connectivity index is 2.14. The third-order valence-electron chi connectivity index (χ3n) is 2.90. The molecule has 1 unspecified atom stereocenters. The van der Waals surface area contributed by atoms with Crippen molar-refractivity contribution in [2.24, 2.45) is 0 Å². The summed E-state index contributed by atoms with van der Waals surface area (Å²) in [6, 6.07) is 9.86. The number of hydrogen-bond acceptors (Lipinski definition) is 2. The molecular weight excluding hydrogens is 292 g/mol. The van der Waals surface area contributed by atoms with E-state index in [1.807, 2.05) is 35.0 Å². The van der Waals surface area contributed by atoms with E-state index in [9.17, 15) is 5.11 Å². The van der Waals surface area contributed by atoms with Crippen LogP contribution >= 0.6 is 15.9 Å². The fraction of sp³-hybridized carbons (Fsp3) is 0.357. The van der Waals surface area contributed by atoms with E-state index in [-0.39, 0.29) is 0 Å². The molecule has 0 saturated heterocycles. The van der Waals surface area contributed by atoms with Crippen molar-refractivity contribution in [1.29, 1.82) is 0 Å². The van der Waals surface area contributed by atoms with E-state index >= 15 is 0 Å². The van der Waals surface area contributed by atoms with Crippen molar-refractivity contribution >= 4 is 15.9 Å². The summed E-state index contributed by atoms with van der Waals surface area (Å²) < 4.78 is 2.91. The van der Waals surface area contributed by atoms with Gasteiger partial charge in [0, 0.05) is 23.6 Å². The van der Waals surface area contributed by atoms with E-state index in [0.29, 0.717) is 6.42 Å². The minimum Gasteiger partial charge on any atom is -0.386 e. The fourth-order valence-corrected chi connectivity index (χ4v) is 2.45. The molecule has 0 fully saturated rings. The zero-order valence-corrected chi connectivity index (χ0v) is 12.0. The van der Waals surface area contributed by atoms with Crippen LogP contribution in [0.5, 0.6) is 0 Å². The van der Waals surface area contributed by atoms with Crippen LogP contribution in [0.3, 0.4) is 0 Å². The van der Waals surface area contributed by atoms with E-state index in [4.69, 9.17) is 0 Å². The number of aryl methyl sites for hydroxylation is 1. The Bertz CT molecular complexity index is 510. The summed E-state index contributed by atoms with van der Waals surface area (Å²) in [6.07, 6.45) is 2.83. The van der Waals surface area contributed by atoms with Crippen molar-refractivity contribution in [3.8, 4) is 0 Å². The summed E-state index contributed by atoms with van der Waals surface area (Å²) in [5.74, 6) is 0. The smallest absolute Gasteiger partial charge is 0.0997 e. The highest BCUT2D eigenvalue weighted by Crippen LogP contribution is 2.23. The minimum atomic E-state index is -0.516. The van der Waals surface area contributed by atoms with Crippen LogP contribution in [0.4, 0.5) is 0 Å². The van der Waals surface area contributed by atoms with Gasteiger partial charge >= 0.3 is 0 Å². The molecule has 0 aliphatic rings. The normalized spacial score (nSPS) is 12.6. The van der Waals surface area contributed by atoms with Gasteiger partial charge in [-0.2, -0.15) is 5.10 Å². The molecule has 2 rings (SSSR count). The lowest BCUT2D eigenvalue weighted by Gasteiger charge is -2.14. The Labute approximate surface area is 116 Å². The lowest BCUT2D eigenvalue weighted by molar-refractivity contribution is 0.166. The van der Waals surface area contributed by atoms with Gasteiger partial charge in [0.1, 0.15) is 0 Å². The number of benzene rings is 1. The van der Waals surface area contributed by atoms with Crippen LogP contribution in [0.2, 0.25) is 0 Å². The summed E-state index contributed by atoms with van der Waals surface area (Å²) in [7, 11) is 0. The van der Waals surface area contributed by atoms with Gasteiger partial charge in [-0.05, 0) is 24.1 Å². The maximum Gasteiger partial charge on any atom is 0.0997 e. The largest absolute Gasteiger partial charge is 0.386 e. The van der Waals surface area contributed by atoms with Crippen LogP contribution in [-0.2, 0) is 13.0 Å². The molecule has 0 spiro atoms. The van der Waals surface area contributed by atoms with E-state index < -0.39 is 6.10 Å². The number of halogens is 1. The second-order valence-electron chi connectivity index (χ2n) is 4.29. The molecule has 0 amide bonds. The molecule has 1 atom stereocenters. The highest BCUT2D eigenvalue weighted by atomic mass is 79.9. The molecule has 2 aromatic rings. The van der Waals surface area contributed by atoms with E-state index in [2.05, 4.69) is 28.0 Å². The Kier molecular flexibility index (Phi) is 4.55. The summed E-state index contributed by atoms with van der Waals surface area (Å²) >= 11 is 3.50. The molecule has 0 radical (unpaired) electrons. The Morgan fingerprint density at radius 2 is 2.11 bits per heavy atom.